The number of rotatable bonds is 5. The number of hydrogen-bond donors (Lipinski definition) is 2. The molecule has 1 unspecified atom stereocenters. The molecule has 0 spiro atoms. The first-order chi connectivity index (χ1) is 12.0. The summed E-state index contributed by atoms with van der Waals surface area (Å²) < 4.78 is 26.5. The molecule has 25 heavy (non-hydrogen) atoms. The van der Waals surface area contributed by atoms with E-state index in [9.17, 15) is 13.9 Å². The predicted octanol–water partition coefficient (Wildman–Crippen LogP) is 5.71. The highest BCUT2D eigenvalue weighted by atomic mass is 35.5. The van der Waals surface area contributed by atoms with Crippen molar-refractivity contribution in [1.82, 2.24) is 0 Å². The summed E-state index contributed by atoms with van der Waals surface area (Å²) in [5.41, 5.74) is 1.71. The third-order valence-corrected chi connectivity index (χ3v) is 5.30. The van der Waals surface area contributed by atoms with E-state index in [0.717, 1.165) is 31.2 Å². The summed E-state index contributed by atoms with van der Waals surface area (Å²) in [4.78, 5) is 0. The molecule has 2 aromatic rings. The minimum absolute atomic E-state index is 0.160. The maximum absolute atomic E-state index is 13.6. The van der Waals surface area contributed by atoms with Crippen molar-refractivity contribution in [1.29, 1.82) is 0 Å². The zero-order valence-electron chi connectivity index (χ0n) is 13.9. The van der Waals surface area contributed by atoms with Gasteiger partial charge in [-0.2, -0.15) is 0 Å². The minimum atomic E-state index is -0.653. The first-order valence-corrected chi connectivity index (χ1v) is 9.04. The van der Waals surface area contributed by atoms with E-state index < -0.39 is 6.23 Å². The third-order valence-electron chi connectivity index (χ3n) is 5.00. The molecule has 2 aromatic carbocycles. The van der Waals surface area contributed by atoms with Crippen LogP contribution in [0, 0.1) is 17.6 Å². The van der Waals surface area contributed by atoms with Crippen LogP contribution in [0.3, 0.4) is 0 Å². The second kappa shape index (κ2) is 8.15. The van der Waals surface area contributed by atoms with Crippen LogP contribution < -0.4 is 5.32 Å². The molecule has 0 saturated heterocycles. The van der Waals surface area contributed by atoms with E-state index in [1.54, 1.807) is 18.2 Å². The molecular weight excluding hydrogens is 344 g/mol. The maximum atomic E-state index is 13.6. The molecular formula is C20H22ClF2NO. The van der Waals surface area contributed by atoms with E-state index in [1.807, 2.05) is 6.07 Å². The van der Waals surface area contributed by atoms with E-state index in [2.05, 4.69) is 5.32 Å². The van der Waals surface area contributed by atoms with Crippen molar-refractivity contribution in [3.63, 3.8) is 0 Å². The number of halogens is 3. The van der Waals surface area contributed by atoms with E-state index in [4.69, 9.17) is 11.6 Å². The highest BCUT2D eigenvalue weighted by molar-refractivity contribution is 6.30. The van der Waals surface area contributed by atoms with Gasteiger partial charge in [-0.1, -0.05) is 17.7 Å². The zero-order chi connectivity index (χ0) is 17.8. The Balaban J connectivity index is 1.48. The monoisotopic (exact) mass is 365 g/mol. The van der Waals surface area contributed by atoms with Gasteiger partial charge >= 0.3 is 0 Å². The lowest BCUT2D eigenvalue weighted by Crippen LogP contribution is -2.24. The van der Waals surface area contributed by atoms with Crippen molar-refractivity contribution in [3.8, 4) is 0 Å². The molecule has 1 aliphatic rings. The van der Waals surface area contributed by atoms with Gasteiger partial charge in [0.15, 0.2) is 0 Å². The lowest BCUT2D eigenvalue weighted by atomic mass is 9.77. The summed E-state index contributed by atoms with van der Waals surface area (Å²) in [6, 6.07) is 11.0. The van der Waals surface area contributed by atoms with Gasteiger partial charge in [0.25, 0.3) is 0 Å². The lowest BCUT2D eigenvalue weighted by molar-refractivity contribution is 0.150. The van der Waals surface area contributed by atoms with Crippen LogP contribution in [0.25, 0.3) is 0 Å². The van der Waals surface area contributed by atoms with Gasteiger partial charge in [-0.3, -0.25) is 0 Å². The Labute approximate surface area is 151 Å². The van der Waals surface area contributed by atoms with Gasteiger partial charge < -0.3 is 10.4 Å². The summed E-state index contributed by atoms with van der Waals surface area (Å²) in [5.74, 6) is 0.124. The summed E-state index contributed by atoms with van der Waals surface area (Å²) >= 11 is 5.74. The van der Waals surface area contributed by atoms with E-state index in [-0.39, 0.29) is 16.7 Å². The largest absolute Gasteiger partial charge is 0.374 e. The fourth-order valence-corrected chi connectivity index (χ4v) is 3.73. The van der Waals surface area contributed by atoms with E-state index in [0.29, 0.717) is 23.9 Å². The number of aliphatic hydroxyl groups excluding tert-OH is 1. The van der Waals surface area contributed by atoms with Crippen LogP contribution in [0.4, 0.5) is 14.5 Å². The average Bonchev–Trinajstić information content (AvgIpc) is 2.60. The standard InChI is InChI=1S/C20H22ClF2NO/c21-18-10-5-15(12-19(18)23)14-3-1-13(2-4-14)11-20(25)24-17-8-6-16(22)7-9-17/h5-10,12-14,20,24-25H,1-4,11H2. The normalized spacial score (nSPS) is 21.8. The van der Waals surface area contributed by atoms with Gasteiger partial charge in [0.1, 0.15) is 17.9 Å². The molecule has 0 aromatic heterocycles. The van der Waals surface area contributed by atoms with Crippen LogP contribution in [-0.2, 0) is 0 Å². The molecule has 1 atom stereocenters. The second-order valence-corrected chi connectivity index (χ2v) is 7.20. The van der Waals surface area contributed by atoms with E-state index in [1.165, 1.54) is 18.2 Å². The summed E-state index contributed by atoms with van der Waals surface area (Å²) in [5, 5.41) is 13.4. The smallest absolute Gasteiger partial charge is 0.142 e. The van der Waals surface area contributed by atoms with Crippen LogP contribution in [0.15, 0.2) is 42.5 Å². The number of aliphatic hydroxyl groups is 1. The molecule has 3 rings (SSSR count). The molecule has 0 radical (unpaired) electrons. The number of hydrogen-bond acceptors (Lipinski definition) is 2. The molecule has 0 amide bonds. The molecule has 1 saturated carbocycles. The molecule has 1 fully saturated rings. The van der Waals surface area contributed by atoms with Crippen molar-refractivity contribution in [2.75, 3.05) is 5.32 Å². The highest BCUT2D eigenvalue weighted by Gasteiger charge is 2.24. The van der Waals surface area contributed by atoms with Gasteiger partial charge in [0.2, 0.25) is 0 Å². The molecule has 2 nitrogen and oxygen atoms in total. The maximum Gasteiger partial charge on any atom is 0.142 e. The van der Waals surface area contributed by atoms with Gasteiger partial charge in [-0.05, 0) is 85.9 Å². The quantitative estimate of drug-likeness (QED) is 0.665. The van der Waals surface area contributed by atoms with Crippen LogP contribution in [-0.4, -0.2) is 11.3 Å². The Morgan fingerprint density at radius 3 is 2.36 bits per heavy atom. The SMILES string of the molecule is OC(CC1CCC(c2ccc(Cl)c(F)c2)CC1)Nc1ccc(F)cc1. The van der Waals surface area contributed by atoms with Gasteiger partial charge in [0, 0.05) is 5.69 Å². The second-order valence-electron chi connectivity index (χ2n) is 6.79. The minimum Gasteiger partial charge on any atom is -0.374 e. The Morgan fingerprint density at radius 1 is 1.04 bits per heavy atom. The van der Waals surface area contributed by atoms with Gasteiger partial charge in [-0.25, -0.2) is 8.78 Å². The highest BCUT2D eigenvalue weighted by Crippen LogP contribution is 2.38. The topological polar surface area (TPSA) is 32.3 Å². The molecule has 5 heteroatoms. The fourth-order valence-electron chi connectivity index (χ4n) is 3.61. The Bertz CT molecular complexity index is 699. The summed E-state index contributed by atoms with van der Waals surface area (Å²) in [6.45, 7) is 0. The van der Waals surface area contributed by atoms with Crippen molar-refractivity contribution in [2.45, 2.75) is 44.2 Å². The lowest BCUT2D eigenvalue weighted by Gasteiger charge is -2.30. The van der Waals surface area contributed by atoms with Crippen LogP contribution in [0.2, 0.25) is 5.02 Å². The number of nitrogens with one attached hydrogen (secondary N) is 1. The predicted molar refractivity (Wildman–Crippen MR) is 96.8 cm³/mol. The molecule has 0 heterocycles. The Morgan fingerprint density at radius 2 is 1.72 bits per heavy atom. The number of anilines is 1. The van der Waals surface area contributed by atoms with Crippen LogP contribution in [0.5, 0.6) is 0 Å². The molecule has 0 bridgehead atoms. The number of benzene rings is 2. The molecule has 0 aliphatic heterocycles. The summed E-state index contributed by atoms with van der Waals surface area (Å²) in [6.07, 6.45) is 3.96. The average molecular weight is 366 g/mol. The van der Waals surface area contributed by atoms with Crippen molar-refractivity contribution >= 4 is 17.3 Å². The first kappa shape index (κ1) is 18.2. The molecule has 1 aliphatic carbocycles. The van der Waals surface area contributed by atoms with Crippen molar-refractivity contribution in [3.05, 3.63) is 64.7 Å². The zero-order valence-corrected chi connectivity index (χ0v) is 14.6. The summed E-state index contributed by atoms with van der Waals surface area (Å²) in [7, 11) is 0. The van der Waals surface area contributed by atoms with Gasteiger partial charge in [-0.15, -0.1) is 0 Å². The molecule has 134 valence electrons. The van der Waals surface area contributed by atoms with Crippen LogP contribution >= 0.6 is 11.6 Å². The Hall–Kier alpha value is -1.65. The Kier molecular flexibility index (Phi) is 5.92. The fraction of sp³-hybridized carbons (Fsp3) is 0.400. The third kappa shape index (κ3) is 4.93. The van der Waals surface area contributed by atoms with Crippen molar-refractivity contribution in [2.24, 2.45) is 5.92 Å². The first-order valence-electron chi connectivity index (χ1n) is 8.66. The van der Waals surface area contributed by atoms with Crippen LogP contribution in [0.1, 0.15) is 43.6 Å². The molecule has 2 N–H and O–H groups in total. The van der Waals surface area contributed by atoms with Gasteiger partial charge in [0.05, 0.1) is 5.02 Å². The van der Waals surface area contributed by atoms with E-state index >= 15 is 0 Å². The van der Waals surface area contributed by atoms with Crippen molar-refractivity contribution < 1.29 is 13.9 Å².